The van der Waals surface area contributed by atoms with E-state index < -0.39 is 0 Å². The summed E-state index contributed by atoms with van der Waals surface area (Å²) in [6.07, 6.45) is 3.76. The van der Waals surface area contributed by atoms with Crippen LogP contribution in [0.4, 0.5) is 0 Å². The molecule has 0 aliphatic rings. The molecule has 0 N–H and O–H groups in total. The van der Waals surface area contributed by atoms with Crippen LogP contribution in [0.1, 0.15) is 13.8 Å². The van der Waals surface area contributed by atoms with E-state index >= 15 is 0 Å². The average molecular weight is 188 g/mol. The lowest BCUT2D eigenvalue weighted by molar-refractivity contribution is 1.43. The Kier molecular flexibility index (Phi) is 4.32. The molecule has 1 nitrogen and oxygen atoms in total. The molecule has 0 spiro atoms. The molecule has 0 aromatic rings. The minimum Gasteiger partial charge on any atom is -0.247 e. The van der Waals surface area contributed by atoms with Crippen LogP contribution in [0.25, 0.3) is 0 Å². The maximum absolute atomic E-state index is 4.02. The molecule has 9 heavy (non-hydrogen) atoms. The quantitative estimate of drug-likeness (QED) is 0.466. The van der Waals surface area contributed by atoms with Crippen molar-refractivity contribution in [3.8, 4) is 0 Å². The van der Waals surface area contributed by atoms with Gasteiger partial charge in [-0.1, -0.05) is 12.7 Å². The number of nitrogens with zero attached hydrogens (tertiary/aromatic N) is 1. The third kappa shape index (κ3) is 5.50. The second-order valence-electron chi connectivity index (χ2n) is 1.60. The maximum Gasteiger partial charge on any atom is 0.0805 e. The summed E-state index contributed by atoms with van der Waals surface area (Å²) in [5.74, 6) is 0. The minimum absolute atomic E-state index is 0.770. The molecule has 0 aliphatic carbocycles. The predicted molar refractivity (Wildman–Crippen MR) is 46.0 cm³/mol. The Hall–Kier alpha value is -0.370. The van der Waals surface area contributed by atoms with Crippen molar-refractivity contribution in [2.75, 3.05) is 0 Å². The number of hydrogen-bond donors (Lipinski definition) is 0. The van der Waals surface area contributed by atoms with Crippen molar-refractivity contribution < 1.29 is 0 Å². The van der Waals surface area contributed by atoms with Crippen molar-refractivity contribution in [1.29, 1.82) is 0 Å². The lowest BCUT2D eigenvalue weighted by Crippen LogP contribution is -1.74. The number of hydrogen-bond acceptors (Lipinski definition) is 1. The average Bonchev–Trinajstić information content (AvgIpc) is 1.63. The molecule has 0 amide bonds. The SMILES string of the molecule is C=C(/C=C\C)N=C(C)Br. The van der Waals surface area contributed by atoms with Gasteiger partial charge in [0.1, 0.15) is 0 Å². The van der Waals surface area contributed by atoms with Crippen molar-refractivity contribution in [3.05, 3.63) is 24.4 Å². The number of aliphatic imine (C=N–C) groups is 1. The highest BCUT2D eigenvalue weighted by Crippen LogP contribution is 1.98. The molecule has 0 saturated carbocycles. The molecular formula is C7H10BrN. The highest BCUT2D eigenvalue weighted by atomic mass is 79.9. The van der Waals surface area contributed by atoms with Crippen LogP contribution in [0.3, 0.4) is 0 Å². The van der Waals surface area contributed by atoms with E-state index in [0.717, 1.165) is 10.3 Å². The topological polar surface area (TPSA) is 12.4 Å². The van der Waals surface area contributed by atoms with Crippen LogP contribution >= 0.6 is 15.9 Å². The van der Waals surface area contributed by atoms with Crippen LogP contribution in [0.2, 0.25) is 0 Å². The first-order chi connectivity index (χ1) is 4.16. The summed E-state index contributed by atoms with van der Waals surface area (Å²) in [6, 6.07) is 0. The molecule has 0 saturated heterocycles. The van der Waals surface area contributed by atoms with Crippen LogP contribution in [0.5, 0.6) is 0 Å². The summed E-state index contributed by atoms with van der Waals surface area (Å²) < 4.78 is 0.852. The van der Waals surface area contributed by atoms with Gasteiger partial charge in [0, 0.05) is 0 Å². The van der Waals surface area contributed by atoms with Gasteiger partial charge in [0.25, 0.3) is 0 Å². The largest absolute Gasteiger partial charge is 0.247 e. The summed E-state index contributed by atoms with van der Waals surface area (Å²) in [4.78, 5) is 4.02. The van der Waals surface area contributed by atoms with Crippen molar-refractivity contribution >= 4 is 20.6 Å². The first kappa shape index (κ1) is 8.63. The zero-order valence-electron chi connectivity index (χ0n) is 5.69. The van der Waals surface area contributed by atoms with Crippen molar-refractivity contribution in [2.45, 2.75) is 13.8 Å². The fourth-order valence-corrected chi connectivity index (χ4v) is 0.655. The van der Waals surface area contributed by atoms with E-state index in [1.165, 1.54) is 0 Å². The van der Waals surface area contributed by atoms with E-state index in [1.54, 1.807) is 0 Å². The summed E-state index contributed by atoms with van der Waals surface area (Å²) in [5, 5.41) is 0. The standard InChI is InChI=1S/C7H10BrN/c1-4-5-6(2)9-7(3)8/h4-5H,2H2,1,3H3/b5-4-,9-7?. The van der Waals surface area contributed by atoms with Gasteiger partial charge in [-0.2, -0.15) is 0 Å². The Morgan fingerprint density at radius 1 is 1.67 bits per heavy atom. The smallest absolute Gasteiger partial charge is 0.0805 e. The lowest BCUT2D eigenvalue weighted by atomic mass is 10.4. The number of allylic oxidation sites excluding steroid dienone is 2. The van der Waals surface area contributed by atoms with E-state index in [9.17, 15) is 0 Å². The van der Waals surface area contributed by atoms with E-state index in [2.05, 4.69) is 27.5 Å². The molecule has 0 unspecified atom stereocenters. The molecule has 0 rings (SSSR count). The highest BCUT2D eigenvalue weighted by molar-refractivity contribution is 9.18. The van der Waals surface area contributed by atoms with Gasteiger partial charge in [-0.05, 0) is 35.9 Å². The Bertz CT molecular complexity index is 152. The second-order valence-corrected chi connectivity index (χ2v) is 2.75. The molecule has 0 radical (unpaired) electrons. The summed E-state index contributed by atoms with van der Waals surface area (Å²) in [5.41, 5.74) is 0.770. The van der Waals surface area contributed by atoms with E-state index in [0.29, 0.717) is 0 Å². The maximum atomic E-state index is 4.02. The Morgan fingerprint density at radius 2 is 2.22 bits per heavy atom. The molecular weight excluding hydrogens is 178 g/mol. The summed E-state index contributed by atoms with van der Waals surface area (Å²) in [6.45, 7) is 7.48. The first-order valence-electron chi connectivity index (χ1n) is 2.69. The first-order valence-corrected chi connectivity index (χ1v) is 3.48. The van der Waals surface area contributed by atoms with Gasteiger partial charge in [0.15, 0.2) is 0 Å². The molecule has 0 bridgehead atoms. The number of rotatable bonds is 2. The molecule has 0 aromatic carbocycles. The lowest BCUT2D eigenvalue weighted by Gasteiger charge is -1.87. The second kappa shape index (κ2) is 4.50. The van der Waals surface area contributed by atoms with Gasteiger partial charge >= 0.3 is 0 Å². The van der Waals surface area contributed by atoms with Crippen LogP contribution in [-0.2, 0) is 0 Å². The Morgan fingerprint density at radius 3 is 2.56 bits per heavy atom. The zero-order chi connectivity index (χ0) is 7.28. The third-order valence-electron chi connectivity index (χ3n) is 0.657. The molecule has 50 valence electrons. The van der Waals surface area contributed by atoms with Crippen LogP contribution < -0.4 is 0 Å². The van der Waals surface area contributed by atoms with Gasteiger partial charge in [0.05, 0.1) is 10.3 Å². The van der Waals surface area contributed by atoms with Crippen molar-refractivity contribution in [1.82, 2.24) is 0 Å². The highest BCUT2D eigenvalue weighted by Gasteiger charge is 1.81. The zero-order valence-corrected chi connectivity index (χ0v) is 7.27. The van der Waals surface area contributed by atoms with Gasteiger partial charge in [-0.15, -0.1) is 0 Å². The van der Waals surface area contributed by atoms with Crippen LogP contribution in [-0.4, -0.2) is 4.62 Å². The molecule has 0 heterocycles. The minimum atomic E-state index is 0.770. The molecule has 0 aromatic heterocycles. The molecule has 0 fully saturated rings. The molecule has 0 atom stereocenters. The fraction of sp³-hybridized carbons (Fsp3) is 0.286. The van der Waals surface area contributed by atoms with Gasteiger partial charge in [-0.3, -0.25) is 0 Å². The molecule has 2 heteroatoms. The Labute approximate surface area is 64.3 Å². The van der Waals surface area contributed by atoms with Gasteiger partial charge < -0.3 is 0 Å². The predicted octanol–water partition coefficient (Wildman–Crippen LogP) is 2.89. The van der Waals surface area contributed by atoms with Gasteiger partial charge in [0.2, 0.25) is 0 Å². The Balaban J connectivity index is 3.93. The van der Waals surface area contributed by atoms with Crippen molar-refractivity contribution in [2.24, 2.45) is 4.99 Å². The van der Waals surface area contributed by atoms with E-state index in [1.807, 2.05) is 26.0 Å². The summed E-state index contributed by atoms with van der Waals surface area (Å²) in [7, 11) is 0. The molecule has 0 aliphatic heterocycles. The van der Waals surface area contributed by atoms with Crippen LogP contribution in [0.15, 0.2) is 29.4 Å². The monoisotopic (exact) mass is 187 g/mol. The van der Waals surface area contributed by atoms with E-state index in [4.69, 9.17) is 0 Å². The van der Waals surface area contributed by atoms with Crippen LogP contribution in [0, 0.1) is 0 Å². The van der Waals surface area contributed by atoms with Crippen molar-refractivity contribution in [3.63, 3.8) is 0 Å². The number of halogens is 1. The normalized spacial score (nSPS) is 12.6. The van der Waals surface area contributed by atoms with E-state index in [-0.39, 0.29) is 0 Å². The summed E-state index contributed by atoms with van der Waals surface area (Å²) >= 11 is 3.20. The van der Waals surface area contributed by atoms with Gasteiger partial charge in [-0.25, -0.2) is 4.99 Å². The third-order valence-corrected chi connectivity index (χ3v) is 0.834. The fourth-order valence-electron chi connectivity index (χ4n) is 0.428.